The number of ether oxygens (including phenoxy) is 3. The highest BCUT2D eigenvalue weighted by molar-refractivity contribution is 6.15. The van der Waals surface area contributed by atoms with Crippen molar-refractivity contribution >= 4 is 17.9 Å². The zero-order valence-corrected chi connectivity index (χ0v) is 16.2. The van der Waals surface area contributed by atoms with Crippen molar-refractivity contribution in [2.24, 2.45) is 0 Å². The Bertz CT molecular complexity index is 905. The molecule has 0 radical (unpaired) electrons. The maximum atomic E-state index is 12.8. The topological polar surface area (TPSA) is 65.1 Å². The Morgan fingerprint density at radius 2 is 1.64 bits per heavy atom. The van der Waals surface area contributed by atoms with Gasteiger partial charge < -0.3 is 14.2 Å². The van der Waals surface area contributed by atoms with Crippen LogP contribution in [-0.2, 0) is 16.0 Å². The van der Waals surface area contributed by atoms with Gasteiger partial charge in [0, 0.05) is 17.7 Å². The zero-order chi connectivity index (χ0) is 20.1. The molecule has 2 aromatic carbocycles. The Labute approximate surface area is 164 Å². The van der Waals surface area contributed by atoms with Crippen LogP contribution in [0.25, 0.3) is 6.08 Å². The molecule has 2 amide bonds. The van der Waals surface area contributed by atoms with Crippen LogP contribution in [0.4, 0.5) is 0 Å². The second kappa shape index (κ2) is 8.61. The van der Waals surface area contributed by atoms with Crippen LogP contribution in [0.3, 0.4) is 0 Å². The minimum atomic E-state index is -0.266. The molecule has 0 unspecified atom stereocenters. The fourth-order valence-electron chi connectivity index (χ4n) is 3.27. The normalized spacial score (nSPS) is 15.2. The number of hydrogen-bond acceptors (Lipinski definition) is 5. The molecule has 1 fully saturated rings. The molecule has 6 heteroatoms. The first-order valence-electron chi connectivity index (χ1n) is 8.97. The van der Waals surface area contributed by atoms with Crippen LogP contribution in [0, 0.1) is 0 Å². The fourth-order valence-corrected chi connectivity index (χ4v) is 3.27. The second-order valence-corrected chi connectivity index (χ2v) is 6.36. The molecule has 0 saturated carbocycles. The predicted octanol–water partition coefficient (Wildman–Crippen LogP) is 3.10. The monoisotopic (exact) mass is 381 g/mol. The molecule has 0 aliphatic carbocycles. The van der Waals surface area contributed by atoms with Crippen molar-refractivity contribution < 1.29 is 23.8 Å². The van der Waals surface area contributed by atoms with Crippen LogP contribution in [-0.4, -0.2) is 44.6 Å². The summed E-state index contributed by atoms with van der Waals surface area (Å²) in [4.78, 5) is 26.4. The first-order valence-corrected chi connectivity index (χ1v) is 8.97. The van der Waals surface area contributed by atoms with Gasteiger partial charge in [-0.1, -0.05) is 30.3 Å². The number of benzene rings is 2. The summed E-state index contributed by atoms with van der Waals surface area (Å²) >= 11 is 0. The standard InChI is InChI=1S/C22H23NO5/c1-26-18-10-9-16(20(27-2)21(18)28-3)13-17-14-19(24)23(22(17)25)12-11-15-7-5-4-6-8-15/h4-10,13H,11-12,14H2,1-3H3/b17-13+. The van der Waals surface area contributed by atoms with Crippen LogP contribution in [0.15, 0.2) is 48.0 Å². The molecule has 146 valence electrons. The van der Waals surface area contributed by atoms with Gasteiger partial charge in [0.15, 0.2) is 11.5 Å². The molecule has 3 rings (SSSR count). The molecule has 1 aliphatic heterocycles. The summed E-state index contributed by atoms with van der Waals surface area (Å²) in [5.41, 5.74) is 2.17. The number of carbonyl (C=O) groups excluding carboxylic acids is 2. The third-order valence-corrected chi connectivity index (χ3v) is 4.69. The zero-order valence-electron chi connectivity index (χ0n) is 16.2. The van der Waals surface area contributed by atoms with Crippen molar-refractivity contribution in [2.75, 3.05) is 27.9 Å². The second-order valence-electron chi connectivity index (χ2n) is 6.36. The molecule has 2 aromatic rings. The van der Waals surface area contributed by atoms with Gasteiger partial charge in [-0.25, -0.2) is 0 Å². The van der Waals surface area contributed by atoms with E-state index < -0.39 is 0 Å². The molecular formula is C22H23NO5. The Hall–Kier alpha value is -3.28. The largest absolute Gasteiger partial charge is 0.493 e. The first kappa shape index (κ1) is 19.5. The summed E-state index contributed by atoms with van der Waals surface area (Å²) in [7, 11) is 4.58. The minimum absolute atomic E-state index is 0.0745. The molecule has 1 aliphatic rings. The van der Waals surface area contributed by atoms with E-state index in [0.29, 0.717) is 41.4 Å². The number of carbonyl (C=O) groups is 2. The van der Waals surface area contributed by atoms with Crippen LogP contribution < -0.4 is 14.2 Å². The van der Waals surface area contributed by atoms with Gasteiger partial charge in [-0.2, -0.15) is 0 Å². The summed E-state index contributed by atoms with van der Waals surface area (Å²) in [6.45, 7) is 0.363. The lowest BCUT2D eigenvalue weighted by Gasteiger charge is -2.15. The Morgan fingerprint density at radius 3 is 2.29 bits per heavy atom. The van der Waals surface area contributed by atoms with E-state index in [2.05, 4.69) is 0 Å². The summed E-state index contributed by atoms with van der Waals surface area (Å²) in [6, 6.07) is 13.3. The van der Waals surface area contributed by atoms with Crippen molar-refractivity contribution in [3.05, 3.63) is 59.2 Å². The number of rotatable bonds is 7. The van der Waals surface area contributed by atoms with Gasteiger partial charge in [-0.05, 0) is 30.2 Å². The molecule has 1 heterocycles. The molecule has 0 spiro atoms. The van der Waals surface area contributed by atoms with Gasteiger partial charge in [0.25, 0.3) is 5.91 Å². The van der Waals surface area contributed by atoms with Crippen molar-refractivity contribution in [1.82, 2.24) is 4.90 Å². The van der Waals surface area contributed by atoms with Gasteiger partial charge in [0.1, 0.15) is 0 Å². The van der Waals surface area contributed by atoms with E-state index in [-0.39, 0.29) is 18.2 Å². The van der Waals surface area contributed by atoms with Gasteiger partial charge in [0.05, 0.1) is 27.8 Å². The van der Waals surface area contributed by atoms with Crippen molar-refractivity contribution in [3.8, 4) is 17.2 Å². The maximum absolute atomic E-state index is 12.8. The number of hydrogen-bond donors (Lipinski definition) is 0. The fraction of sp³-hybridized carbons (Fsp3) is 0.273. The summed E-state index contributed by atoms with van der Waals surface area (Å²) < 4.78 is 16.1. The van der Waals surface area contributed by atoms with Gasteiger partial charge in [0.2, 0.25) is 11.7 Å². The first-order chi connectivity index (χ1) is 13.6. The third-order valence-electron chi connectivity index (χ3n) is 4.69. The summed E-state index contributed by atoms with van der Waals surface area (Å²) in [5.74, 6) is 0.971. The molecule has 0 aromatic heterocycles. The summed E-state index contributed by atoms with van der Waals surface area (Å²) in [5, 5.41) is 0. The average molecular weight is 381 g/mol. The lowest BCUT2D eigenvalue weighted by molar-refractivity contribution is -0.137. The van der Waals surface area contributed by atoms with Gasteiger partial charge in [-0.3, -0.25) is 14.5 Å². The molecule has 0 N–H and O–H groups in total. The van der Waals surface area contributed by atoms with E-state index in [4.69, 9.17) is 14.2 Å². The molecule has 1 saturated heterocycles. The van der Waals surface area contributed by atoms with Crippen LogP contribution >= 0.6 is 0 Å². The van der Waals surface area contributed by atoms with E-state index >= 15 is 0 Å². The smallest absolute Gasteiger partial charge is 0.256 e. The van der Waals surface area contributed by atoms with Crippen molar-refractivity contribution in [2.45, 2.75) is 12.8 Å². The molecular weight excluding hydrogens is 358 g/mol. The molecule has 0 bridgehead atoms. The average Bonchev–Trinajstić information content (AvgIpc) is 2.99. The lowest BCUT2D eigenvalue weighted by Crippen LogP contribution is -2.31. The SMILES string of the molecule is COc1ccc(/C=C2\CC(=O)N(CCc3ccccc3)C2=O)c(OC)c1OC. The Kier molecular flexibility index (Phi) is 5.99. The highest BCUT2D eigenvalue weighted by atomic mass is 16.5. The minimum Gasteiger partial charge on any atom is -0.493 e. The van der Waals surface area contributed by atoms with E-state index in [1.54, 1.807) is 25.3 Å². The highest BCUT2D eigenvalue weighted by Crippen LogP contribution is 2.41. The molecule has 0 atom stereocenters. The van der Waals surface area contributed by atoms with E-state index in [1.165, 1.54) is 19.1 Å². The number of amides is 2. The van der Waals surface area contributed by atoms with E-state index in [1.807, 2.05) is 30.3 Å². The highest BCUT2D eigenvalue weighted by Gasteiger charge is 2.33. The van der Waals surface area contributed by atoms with Crippen LogP contribution in [0.2, 0.25) is 0 Å². The number of imide groups is 1. The van der Waals surface area contributed by atoms with Crippen LogP contribution in [0.5, 0.6) is 17.2 Å². The Morgan fingerprint density at radius 1 is 0.929 bits per heavy atom. The van der Waals surface area contributed by atoms with E-state index in [0.717, 1.165) is 5.56 Å². The number of likely N-dealkylation sites (tertiary alicyclic amines) is 1. The lowest BCUT2D eigenvalue weighted by atomic mass is 10.1. The maximum Gasteiger partial charge on any atom is 0.256 e. The van der Waals surface area contributed by atoms with Crippen molar-refractivity contribution in [1.29, 1.82) is 0 Å². The Balaban J connectivity index is 1.83. The summed E-state index contributed by atoms with van der Waals surface area (Å²) in [6.07, 6.45) is 2.39. The van der Waals surface area contributed by atoms with Gasteiger partial charge >= 0.3 is 0 Å². The molecule has 28 heavy (non-hydrogen) atoms. The molecule has 6 nitrogen and oxygen atoms in total. The number of nitrogens with zero attached hydrogens (tertiary/aromatic N) is 1. The quantitative estimate of drug-likeness (QED) is 0.545. The number of methoxy groups -OCH3 is 3. The third kappa shape index (κ3) is 3.86. The van der Waals surface area contributed by atoms with Gasteiger partial charge in [-0.15, -0.1) is 0 Å². The van der Waals surface area contributed by atoms with Crippen molar-refractivity contribution in [3.63, 3.8) is 0 Å². The predicted molar refractivity (Wildman–Crippen MR) is 106 cm³/mol. The van der Waals surface area contributed by atoms with Crippen LogP contribution in [0.1, 0.15) is 17.5 Å². The van der Waals surface area contributed by atoms with E-state index in [9.17, 15) is 9.59 Å².